The highest BCUT2D eigenvalue weighted by atomic mass is 32.1. The summed E-state index contributed by atoms with van der Waals surface area (Å²) in [6.45, 7) is 1.62. The Morgan fingerprint density at radius 1 is 1.20 bits per heavy atom. The molecule has 0 spiro atoms. The standard InChI is InChI=1S/C20H16N4O4S2/c1-12-15-17(30-16(12)19(27)28-10-13-5-3-2-4-6-13)22-11-24(18(15)26)9-14(25)23-20-21-7-8-29-20/h2-8,11H,9-10H2,1H3,(H,21,23,25). The summed E-state index contributed by atoms with van der Waals surface area (Å²) in [6.07, 6.45) is 2.88. The summed E-state index contributed by atoms with van der Waals surface area (Å²) >= 11 is 2.39. The van der Waals surface area contributed by atoms with E-state index < -0.39 is 5.97 Å². The van der Waals surface area contributed by atoms with Crippen LogP contribution in [0.25, 0.3) is 10.2 Å². The number of thiazole rings is 1. The zero-order valence-corrected chi connectivity index (χ0v) is 17.5. The molecule has 0 fully saturated rings. The van der Waals surface area contributed by atoms with Crippen LogP contribution < -0.4 is 10.9 Å². The van der Waals surface area contributed by atoms with Gasteiger partial charge in [0.2, 0.25) is 5.91 Å². The molecule has 0 aliphatic heterocycles. The van der Waals surface area contributed by atoms with Crippen molar-refractivity contribution < 1.29 is 14.3 Å². The smallest absolute Gasteiger partial charge is 0.349 e. The van der Waals surface area contributed by atoms with Crippen LogP contribution in [0.5, 0.6) is 0 Å². The van der Waals surface area contributed by atoms with Gasteiger partial charge in [0.1, 0.15) is 22.9 Å². The van der Waals surface area contributed by atoms with Crippen LogP contribution in [0.3, 0.4) is 0 Å². The van der Waals surface area contributed by atoms with Gasteiger partial charge < -0.3 is 10.1 Å². The summed E-state index contributed by atoms with van der Waals surface area (Å²) in [4.78, 5) is 46.6. The van der Waals surface area contributed by atoms with Gasteiger partial charge in [0.25, 0.3) is 5.56 Å². The molecule has 0 saturated heterocycles. The summed E-state index contributed by atoms with van der Waals surface area (Å²) in [7, 11) is 0. The van der Waals surface area contributed by atoms with E-state index in [2.05, 4.69) is 15.3 Å². The van der Waals surface area contributed by atoms with E-state index in [9.17, 15) is 14.4 Å². The number of rotatable bonds is 6. The highest BCUT2D eigenvalue weighted by molar-refractivity contribution is 7.20. The van der Waals surface area contributed by atoms with Gasteiger partial charge in [0.05, 0.1) is 11.7 Å². The quantitative estimate of drug-likeness (QED) is 0.462. The van der Waals surface area contributed by atoms with E-state index in [4.69, 9.17) is 4.74 Å². The zero-order chi connectivity index (χ0) is 21.1. The SMILES string of the molecule is Cc1c(C(=O)OCc2ccccc2)sc2ncn(CC(=O)Nc3nccs3)c(=O)c12. The molecule has 4 aromatic rings. The van der Waals surface area contributed by atoms with Crippen molar-refractivity contribution in [2.75, 3.05) is 5.32 Å². The maximum Gasteiger partial charge on any atom is 0.349 e. The Morgan fingerprint density at radius 3 is 2.73 bits per heavy atom. The van der Waals surface area contributed by atoms with Crippen LogP contribution in [0.2, 0.25) is 0 Å². The number of benzene rings is 1. The summed E-state index contributed by atoms with van der Waals surface area (Å²) in [6, 6.07) is 9.34. The van der Waals surface area contributed by atoms with Crippen molar-refractivity contribution in [3.63, 3.8) is 0 Å². The van der Waals surface area contributed by atoms with E-state index >= 15 is 0 Å². The van der Waals surface area contributed by atoms with E-state index in [-0.39, 0.29) is 24.6 Å². The Morgan fingerprint density at radius 2 is 2.00 bits per heavy atom. The largest absolute Gasteiger partial charge is 0.457 e. The highest BCUT2D eigenvalue weighted by Gasteiger charge is 2.21. The lowest BCUT2D eigenvalue weighted by atomic mass is 10.2. The van der Waals surface area contributed by atoms with Crippen LogP contribution in [-0.4, -0.2) is 26.4 Å². The molecule has 0 aliphatic rings. The first-order chi connectivity index (χ1) is 14.5. The van der Waals surface area contributed by atoms with Gasteiger partial charge in [-0.15, -0.1) is 22.7 Å². The number of anilines is 1. The van der Waals surface area contributed by atoms with Crippen LogP contribution in [0.1, 0.15) is 20.8 Å². The van der Waals surface area contributed by atoms with E-state index in [0.717, 1.165) is 16.9 Å². The maximum absolute atomic E-state index is 12.9. The molecule has 0 unspecified atom stereocenters. The first-order valence-electron chi connectivity index (χ1n) is 8.92. The first-order valence-corrected chi connectivity index (χ1v) is 10.6. The predicted octanol–water partition coefficient (Wildman–Crippen LogP) is 3.22. The van der Waals surface area contributed by atoms with Gasteiger partial charge in [-0.1, -0.05) is 30.3 Å². The average molecular weight is 441 g/mol. The fraction of sp³-hybridized carbons (Fsp3) is 0.150. The number of carbonyl (C=O) groups excluding carboxylic acids is 2. The molecular weight excluding hydrogens is 424 g/mol. The lowest BCUT2D eigenvalue weighted by molar-refractivity contribution is -0.116. The summed E-state index contributed by atoms with van der Waals surface area (Å²) in [5.41, 5.74) is 0.988. The molecule has 8 nitrogen and oxygen atoms in total. The van der Waals surface area contributed by atoms with E-state index in [1.807, 2.05) is 30.3 Å². The van der Waals surface area contributed by atoms with E-state index in [1.165, 1.54) is 22.2 Å². The number of fused-ring (bicyclic) bond motifs is 1. The fourth-order valence-electron chi connectivity index (χ4n) is 2.85. The minimum absolute atomic E-state index is 0.141. The Balaban J connectivity index is 1.54. The minimum Gasteiger partial charge on any atom is -0.457 e. The minimum atomic E-state index is -0.508. The van der Waals surface area contributed by atoms with E-state index in [0.29, 0.717) is 25.8 Å². The molecule has 30 heavy (non-hydrogen) atoms. The molecule has 1 amide bonds. The van der Waals surface area contributed by atoms with Crippen molar-refractivity contribution >= 4 is 49.9 Å². The highest BCUT2D eigenvalue weighted by Crippen LogP contribution is 2.27. The summed E-state index contributed by atoms with van der Waals surface area (Å²) < 4.78 is 6.60. The molecule has 0 radical (unpaired) electrons. The zero-order valence-electron chi connectivity index (χ0n) is 15.8. The number of ether oxygens (including phenoxy) is 1. The number of amides is 1. The van der Waals surface area contributed by atoms with Gasteiger partial charge >= 0.3 is 5.97 Å². The molecule has 0 atom stereocenters. The molecule has 0 saturated carbocycles. The van der Waals surface area contributed by atoms with Crippen molar-refractivity contribution in [1.82, 2.24) is 14.5 Å². The molecular formula is C20H16N4O4S2. The van der Waals surface area contributed by atoms with Gasteiger partial charge in [-0.25, -0.2) is 14.8 Å². The average Bonchev–Trinajstić information content (AvgIpc) is 3.37. The number of carbonyl (C=O) groups is 2. The first kappa shape index (κ1) is 19.9. The number of esters is 1. The van der Waals surface area contributed by atoms with Gasteiger partial charge in [-0.3, -0.25) is 14.2 Å². The molecule has 3 aromatic heterocycles. The Labute approximate surface area is 178 Å². The van der Waals surface area contributed by atoms with Crippen LogP contribution in [0.4, 0.5) is 5.13 Å². The fourth-order valence-corrected chi connectivity index (χ4v) is 4.43. The summed E-state index contributed by atoms with van der Waals surface area (Å²) in [5, 5.41) is 5.14. The molecule has 0 aliphatic carbocycles. The van der Waals surface area contributed by atoms with Crippen LogP contribution in [-0.2, 0) is 22.7 Å². The van der Waals surface area contributed by atoms with Crippen molar-refractivity contribution in [2.24, 2.45) is 0 Å². The molecule has 152 valence electrons. The van der Waals surface area contributed by atoms with Gasteiger partial charge in [-0.2, -0.15) is 0 Å². The third-order valence-corrected chi connectivity index (χ3v) is 6.18. The molecule has 4 rings (SSSR count). The van der Waals surface area contributed by atoms with Gasteiger partial charge in [0, 0.05) is 11.6 Å². The second kappa shape index (κ2) is 8.56. The molecule has 0 bridgehead atoms. The Hall–Kier alpha value is -3.37. The Kier molecular flexibility index (Phi) is 5.68. The lowest BCUT2D eigenvalue weighted by Gasteiger charge is -2.05. The second-order valence-electron chi connectivity index (χ2n) is 6.36. The third-order valence-electron chi connectivity index (χ3n) is 4.31. The van der Waals surface area contributed by atoms with Crippen molar-refractivity contribution in [3.8, 4) is 0 Å². The number of aromatic nitrogens is 3. The van der Waals surface area contributed by atoms with Crippen LogP contribution >= 0.6 is 22.7 Å². The lowest BCUT2D eigenvalue weighted by Crippen LogP contribution is -2.27. The number of nitrogens with zero attached hydrogens (tertiary/aromatic N) is 3. The maximum atomic E-state index is 12.9. The van der Waals surface area contributed by atoms with Gasteiger partial charge in [-0.05, 0) is 18.1 Å². The van der Waals surface area contributed by atoms with E-state index in [1.54, 1.807) is 18.5 Å². The number of thiophene rings is 1. The second-order valence-corrected chi connectivity index (χ2v) is 8.25. The predicted molar refractivity (Wildman–Crippen MR) is 115 cm³/mol. The van der Waals surface area contributed by atoms with Crippen molar-refractivity contribution in [1.29, 1.82) is 0 Å². The summed E-state index contributed by atoms with van der Waals surface area (Å²) in [5.74, 6) is -0.893. The molecule has 1 aromatic carbocycles. The number of aryl methyl sites for hydroxylation is 1. The Bertz CT molecular complexity index is 1260. The normalized spacial score (nSPS) is 10.8. The molecule has 1 N–H and O–H groups in total. The number of hydrogen-bond acceptors (Lipinski definition) is 8. The van der Waals surface area contributed by atoms with Gasteiger partial charge in [0.15, 0.2) is 5.13 Å². The van der Waals surface area contributed by atoms with Crippen LogP contribution in [0.15, 0.2) is 53.0 Å². The topological polar surface area (TPSA) is 103 Å². The number of hydrogen-bond donors (Lipinski definition) is 1. The molecule has 10 heteroatoms. The van der Waals surface area contributed by atoms with Crippen LogP contribution in [0, 0.1) is 6.92 Å². The van der Waals surface area contributed by atoms with Crippen molar-refractivity contribution in [2.45, 2.75) is 20.1 Å². The third kappa shape index (κ3) is 4.14. The number of nitrogens with one attached hydrogen (secondary N) is 1. The molecule has 3 heterocycles. The monoisotopic (exact) mass is 440 g/mol. The van der Waals surface area contributed by atoms with Crippen molar-refractivity contribution in [3.05, 3.63) is 74.6 Å².